The number of hydrogen-bond acceptors (Lipinski definition) is 4. The largest absolute Gasteiger partial charge is 0.454 e. The highest BCUT2D eigenvalue weighted by molar-refractivity contribution is 6.30. The van der Waals surface area contributed by atoms with E-state index in [1.807, 2.05) is 47.1 Å². The molecule has 6 nitrogen and oxygen atoms in total. The number of nitrogens with zero attached hydrogens (tertiary/aromatic N) is 3. The van der Waals surface area contributed by atoms with Crippen molar-refractivity contribution in [3.05, 3.63) is 70.5 Å². The molecule has 0 fully saturated rings. The number of hydrogen-bond donors (Lipinski definition) is 0. The van der Waals surface area contributed by atoms with Gasteiger partial charge in [0.1, 0.15) is 0 Å². The summed E-state index contributed by atoms with van der Waals surface area (Å²) in [4.78, 5) is 14.9. The molecule has 150 valence electrons. The Hall–Kier alpha value is -2.99. The second-order valence-corrected chi connectivity index (χ2v) is 7.77. The Labute approximate surface area is 174 Å². The molecule has 0 radical (unpaired) electrons. The van der Waals surface area contributed by atoms with E-state index in [9.17, 15) is 4.79 Å². The lowest BCUT2D eigenvalue weighted by atomic mass is 10.0. The normalized spacial score (nSPS) is 12.4. The Kier molecular flexibility index (Phi) is 5.20. The SMILES string of the molecule is CC(C)c1c(C(=O)N(C)Cc2ccc3c(c2)OCO3)cnn1-c1ccc(Cl)cc1. The van der Waals surface area contributed by atoms with Crippen LogP contribution < -0.4 is 9.47 Å². The van der Waals surface area contributed by atoms with Gasteiger partial charge in [-0.25, -0.2) is 4.68 Å². The first-order valence-electron chi connectivity index (χ1n) is 9.42. The molecule has 0 saturated carbocycles. The topological polar surface area (TPSA) is 56.6 Å². The molecule has 3 aromatic rings. The summed E-state index contributed by atoms with van der Waals surface area (Å²) < 4.78 is 12.6. The van der Waals surface area contributed by atoms with Crippen LogP contribution in [0.3, 0.4) is 0 Å². The van der Waals surface area contributed by atoms with Gasteiger partial charge in [0.15, 0.2) is 11.5 Å². The fraction of sp³-hybridized carbons (Fsp3) is 0.273. The lowest BCUT2D eigenvalue weighted by Crippen LogP contribution is -2.27. The van der Waals surface area contributed by atoms with Crippen molar-refractivity contribution in [3.8, 4) is 17.2 Å². The molecule has 0 bridgehead atoms. The van der Waals surface area contributed by atoms with E-state index in [2.05, 4.69) is 18.9 Å². The van der Waals surface area contributed by atoms with Gasteiger partial charge < -0.3 is 14.4 Å². The van der Waals surface area contributed by atoms with Crippen LogP contribution in [0.5, 0.6) is 11.5 Å². The molecule has 2 heterocycles. The van der Waals surface area contributed by atoms with Crippen LogP contribution >= 0.6 is 11.6 Å². The van der Waals surface area contributed by atoms with Crippen molar-refractivity contribution >= 4 is 17.5 Å². The van der Waals surface area contributed by atoms with Crippen LogP contribution in [0.25, 0.3) is 5.69 Å². The van der Waals surface area contributed by atoms with Crippen LogP contribution in [-0.2, 0) is 6.54 Å². The number of halogens is 1. The molecule has 0 spiro atoms. The Morgan fingerprint density at radius 1 is 1.17 bits per heavy atom. The van der Waals surface area contributed by atoms with E-state index in [1.54, 1.807) is 18.1 Å². The highest BCUT2D eigenvalue weighted by Gasteiger charge is 2.24. The minimum absolute atomic E-state index is 0.0772. The molecular formula is C22H22ClN3O3. The lowest BCUT2D eigenvalue weighted by Gasteiger charge is -2.19. The predicted octanol–water partition coefficient (Wildman–Crippen LogP) is 4.65. The van der Waals surface area contributed by atoms with E-state index in [4.69, 9.17) is 21.1 Å². The van der Waals surface area contributed by atoms with Crippen molar-refractivity contribution in [2.75, 3.05) is 13.8 Å². The van der Waals surface area contributed by atoms with Gasteiger partial charge in [0.2, 0.25) is 6.79 Å². The van der Waals surface area contributed by atoms with Gasteiger partial charge in [-0.2, -0.15) is 5.10 Å². The number of amides is 1. The second kappa shape index (κ2) is 7.79. The summed E-state index contributed by atoms with van der Waals surface area (Å²) in [5, 5.41) is 5.14. The predicted molar refractivity (Wildman–Crippen MR) is 111 cm³/mol. The fourth-order valence-corrected chi connectivity index (χ4v) is 3.58. The van der Waals surface area contributed by atoms with Gasteiger partial charge in [-0.05, 0) is 47.9 Å². The zero-order chi connectivity index (χ0) is 20.5. The molecule has 1 aromatic heterocycles. The van der Waals surface area contributed by atoms with Gasteiger partial charge in [0, 0.05) is 18.6 Å². The van der Waals surface area contributed by atoms with Crippen molar-refractivity contribution in [2.24, 2.45) is 0 Å². The first-order chi connectivity index (χ1) is 13.9. The summed E-state index contributed by atoms with van der Waals surface area (Å²) in [5.74, 6) is 1.48. The number of carbonyl (C=O) groups is 1. The number of carbonyl (C=O) groups excluding carboxylic acids is 1. The molecular weight excluding hydrogens is 390 g/mol. The molecule has 1 aliphatic rings. The molecule has 0 atom stereocenters. The highest BCUT2D eigenvalue weighted by Crippen LogP contribution is 2.33. The number of rotatable bonds is 5. The van der Waals surface area contributed by atoms with Gasteiger partial charge in [0.25, 0.3) is 5.91 Å². The summed E-state index contributed by atoms with van der Waals surface area (Å²) in [6, 6.07) is 13.1. The summed E-state index contributed by atoms with van der Waals surface area (Å²) in [6.45, 7) is 4.80. The summed E-state index contributed by atoms with van der Waals surface area (Å²) >= 11 is 6.00. The number of fused-ring (bicyclic) bond motifs is 1. The minimum Gasteiger partial charge on any atom is -0.454 e. The van der Waals surface area contributed by atoms with Crippen LogP contribution in [0, 0.1) is 0 Å². The lowest BCUT2D eigenvalue weighted by molar-refractivity contribution is 0.0783. The maximum Gasteiger partial charge on any atom is 0.257 e. The van der Waals surface area contributed by atoms with E-state index in [0.29, 0.717) is 22.9 Å². The fourth-order valence-electron chi connectivity index (χ4n) is 3.46. The molecule has 1 aliphatic heterocycles. The first kappa shape index (κ1) is 19.3. The molecule has 0 N–H and O–H groups in total. The summed E-state index contributed by atoms with van der Waals surface area (Å²) in [7, 11) is 1.79. The van der Waals surface area contributed by atoms with Gasteiger partial charge in [-0.1, -0.05) is 31.5 Å². The minimum atomic E-state index is -0.0772. The average molecular weight is 412 g/mol. The smallest absolute Gasteiger partial charge is 0.257 e. The third-order valence-corrected chi connectivity index (χ3v) is 5.11. The molecule has 1 amide bonds. The van der Waals surface area contributed by atoms with Crippen molar-refractivity contribution < 1.29 is 14.3 Å². The quantitative estimate of drug-likeness (QED) is 0.613. The molecule has 4 rings (SSSR count). The van der Waals surface area contributed by atoms with E-state index in [1.165, 1.54) is 0 Å². The van der Waals surface area contributed by atoms with Gasteiger partial charge in [0.05, 0.1) is 23.1 Å². The summed E-state index contributed by atoms with van der Waals surface area (Å²) in [5.41, 5.74) is 3.31. The van der Waals surface area contributed by atoms with E-state index >= 15 is 0 Å². The third-order valence-electron chi connectivity index (χ3n) is 4.86. The van der Waals surface area contributed by atoms with Crippen LogP contribution in [0.4, 0.5) is 0 Å². The molecule has 2 aromatic carbocycles. The molecule has 29 heavy (non-hydrogen) atoms. The Balaban J connectivity index is 1.60. The maximum atomic E-state index is 13.2. The number of ether oxygens (including phenoxy) is 2. The molecule has 0 saturated heterocycles. The van der Waals surface area contributed by atoms with Crippen LogP contribution in [0.15, 0.2) is 48.7 Å². The summed E-state index contributed by atoms with van der Waals surface area (Å²) in [6.07, 6.45) is 1.64. The van der Waals surface area contributed by atoms with Crippen LogP contribution in [-0.4, -0.2) is 34.4 Å². The van der Waals surface area contributed by atoms with Crippen molar-refractivity contribution in [2.45, 2.75) is 26.3 Å². The van der Waals surface area contributed by atoms with Gasteiger partial charge >= 0.3 is 0 Å². The molecule has 0 aliphatic carbocycles. The van der Waals surface area contributed by atoms with Crippen molar-refractivity contribution in [1.29, 1.82) is 0 Å². The zero-order valence-corrected chi connectivity index (χ0v) is 17.3. The number of aromatic nitrogens is 2. The highest BCUT2D eigenvalue weighted by atomic mass is 35.5. The average Bonchev–Trinajstić information content (AvgIpc) is 3.34. The second-order valence-electron chi connectivity index (χ2n) is 7.34. The van der Waals surface area contributed by atoms with Crippen LogP contribution in [0.1, 0.15) is 41.4 Å². The molecule has 7 heteroatoms. The van der Waals surface area contributed by atoms with E-state index in [0.717, 1.165) is 22.7 Å². The zero-order valence-electron chi connectivity index (χ0n) is 16.6. The third kappa shape index (κ3) is 3.80. The van der Waals surface area contributed by atoms with Crippen molar-refractivity contribution in [3.63, 3.8) is 0 Å². The Morgan fingerprint density at radius 2 is 1.90 bits per heavy atom. The standard InChI is InChI=1S/C22H22ClN3O3/c1-14(2)21-18(11-24-26(21)17-7-5-16(23)6-8-17)22(27)25(3)12-15-4-9-19-20(10-15)29-13-28-19/h4-11,14H,12-13H2,1-3H3. The van der Waals surface area contributed by atoms with Crippen molar-refractivity contribution in [1.82, 2.24) is 14.7 Å². The van der Waals surface area contributed by atoms with Gasteiger partial charge in [-0.15, -0.1) is 0 Å². The Bertz CT molecular complexity index is 1040. The van der Waals surface area contributed by atoms with Crippen LogP contribution in [0.2, 0.25) is 5.02 Å². The monoisotopic (exact) mass is 411 g/mol. The van der Waals surface area contributed by atoms with E-state index in [-0.39, 0.29) is 18.6 Å². The van der Waals surface area contributed by atoms with Gasteiger partial charge in [-0.3, -0.25) is 4.79 Å². The number of benzene rings is 2. The first-order valence-corrected chi connectivity index (χ1v) is 9.79. The van der Waals surface area contributed by atoms with E-state index < -0.39 is 0 Å². The maximum absolute atomic E-state index is 13.2. The Morgan fingerprint density at radius 3 is 2.62 bits per heavy atom. The molecule has 0 unspecified atom stereocenters.